The summed E-state index contributed by atoms with van der Waals surface area (Å²) in [6, 6.07) is 0. The molecule has 0 spiro atoms. The maximum atomic E-state index is 6.79. The molecule has 0 aromatic rings. The molecule has 2 N–H and O–H groups in total. The van der Waals surface area contributed by atoms with E-state index in [9.17, 15) is 0 Å². The Labute approximate surface area is 57.6 Å². The Kier molecular flexibility index (Phi) is 3.52. The number of hydrogen-bond donors (Lipinski definition) is 2. The normalized spacial score (nSPS) is 12.4. The SMILES string of the molecule is CN/C(Br)=C(/C)C=N. The third kappa shape index (κ3) is 2.12. The van der Waals surface area contributed by atoms with Gasteiger partial charge in [-0.25, -0.2) is 0 Å². The van der Waals surface area contributed by atoms with Crippen LogP contribution >= 0.6 is 15.9 Å². The van der Waals surface area contributed by atoms with Crippen molar-refractivity contribution in [3.8, 4) is 0 Å². The van der Waals surface area contributed by atoms with Gasteiger partial charge >= 0.3 is 0 Å². The van der Waals surface area contributed by atoms with Gasteiger partial charge in [0.1, 0.15) is 0 Å². The van der Waals surface area contributed by atoms with Crippen LogP contribution in [0.15, 0.2) is 10.2 Å². The van der Waals surface area contributed by atoms with Crippen LogP contribution in [0.2, 0.25) is 0 Å². The quantitative estimate of drug-likeness (QED) is 0.486. The number of nitrogens with one attached hydrogen (secondary N) is 2. The fraction of sp³-hybridized carbons (Fsp3) is 0.400. The van der Waals surface area contributed by atoms with Gasteiger partial charge < -0.3 is 10.7 Å². The summed E-state index contributed by atoms with van der Waals surface area (Å²) < 4.78 is 0.868. The van der Waals surface area contributed by atoms with Crippen LogP contribution in [0.4, 0.5) is 0 Å². The van der Waals surface area contributed by atoms with Gasteiger partial charge in [0.05, 0.1) is 4.61 Å². The molecule has 0 amide bonds. The Morgan fingerprint density at radius 2 is 2.25 bits per heavy atom. The smallest absolute Gasteiger partial charge is 0.0822 e. The van der Waals surface area contributed by atoms with Crippen molar-refractivity contribution in [2.75, 3.05) is 7.05 Å². The molecule has 0 heterocycles. The van der Waals surface area contributed by atoms with Crippen LogP contribution in [-0.2, 0) is 0 Å². The van der Waals surface area contributed by atoms with Gasteiger partial charge in [-0.3, -0.25) is 0 Å². The van der Waals surface area contributed by atoms with Crippen molar-refractivity contribution in [1.82, 2.24) is 5.32 Å². The first-order chi connectivity index (χ1) is 3.72. The second-order valence-electron chi connectivity index (χ2n) is 1.39. The standard InChI is InChI=1S/C5H9BrN2/c1-4(3-7)5(6)8-2/h3,7-8H,1-2H3/b5-4-,7-3?. The topological polar surface area (TPSA) is 35.9 Å². The summed E-state index contributed by atoms with van der Waals surface area (Å²) in [7, 11) is 1.80. The van der Waals surface area contributed by atoms with Crippen molar-refractivity contribution < 1.29 is 0 Å². The molecule has 2 nitrogen and oxygen atoms in total. The van der Waals surface area contributed by atoms with Gasteiger partial charge in [-0.05, 0) is 28.4 Å². The van der Waals surface area contributed by atoms with Crippen LogP contribution in [0.25, 0.3) is 0 Å². The highest BCUT2D eigenvalue weighted by molar-refractivity contribution is 9.11. The van der Waals surface area contributed by atoms with E-state index in [0.717, 1.165) is 10.2 Å². The van der Waals surface area contributed by atoms with Gasteiger partial charge in [-0.1, -0.05) is 0 Å². The number of rotatable bonds is 2. The van der Waals surface area contributed by atoms with E-state index in [2.05, 4.69) is 21.2 Å². The molecule has 0 unspecified atom stereocenters. The van der Waals surface area contributed by atoms with E-state index >= 15 is 0 Å². The molecule has 0 aliphatic carbocycles. The minimum atomic E-state index is 0.868. The maximum absolute atomic E-state index is 6.79. The maximum Gasteiger partial charge on any atom is 0.0822 e. The van der Waals surface area contributed by atoms with Crippen LogP contribution in [0.1, 0.15) is 6.92 Å². The van der Waals surface area contributed by atoms with E-state index in [-0.39, 0.29) is 0 Å². The van der Waals surface area contributed by atoms with Crippen molar-refractivity contribution in [3.05, 3.63) is 10.2 Å². The summed E-state index contributed by atoms with van der Waals surface area (Å²) in [6.45, 7) is 1.85. The molecule has 0 rings (SSSR count). The molecule has 0 radical (unpaired) electrons. The molecule has 0 atom stereocenters. The van der Waals surface area contributed by atoms with Crippen LogP contribution < -0.4 is 5.32 Å². The lowest BCUT2D eigenvalue weighted by Gasteiger charge is -1.96. The molecule has 0 bridgehead atoms. The van der Waals surface area contributed by atoms with Gasteiger partial charge in [0.15, 0.2) is 0 Å². The number of allylic oxidation sites excluding steroid dienone is 1. The van der Waals surface area contributed by atoms with Crippen molar-refractivity contribution in [3.63, 3.8) is 0 Å². The summed E-state index contributed by atoms with van der Waals surface area (Å²) in [5.41, 5.74) is 0.896. The predicted molar refractivity (Wildman–Crippen MR) is 39.5 cm³/mol. The number of halogens is 1. The first-order valence-corrected chi connectivity index (χ1v) is 3.06. The zero-order valence-electron chi connectivity index (χ0n) is 4.96. The first-order valence-electron chi connectivity index (χ1n) is 2.27. The molecule has 8 heavy (non-hydrogen) atoms. The van der Waals surface area contributed by atoms with Crippen molar-refractivity contribution in [2.24, 2.45) is 0 Å². The fourth-order valence-corrected chi connectivity index (χ4v) is 0.375. The number of hydrogen-bond acceptors (Lipinski definition) is 2. The largest absolute Gasteiger partial charge is 0.382 e. The lowest BCUT2D eigenvalue weighted by molar-refractivity contribution is 1.07. The lowest BCUT2D eigenvalue weighted by atomic mass is 10.4. The fourth-order valence-electron chi connectivity index (χ4n) is 0.261. The zero-order valence-corrected chi connectivity index (χ0v) is 6.54. The highest BCUT2D eigenvalue weighted by Crippen LogP contribution is 2.03. The molecule has 0 aliphatic rings. The van der Waals surface area contributed by atoms with Crippen LogP contribution in [0, 0.1) is 5.41 Å². The van der Waals surface area contributed by atoms with E-state index in [1.807, 2.05) is 6.92 Å². The Balaban J connectivity index is 4.03. The minimum Gasteiger partial charge on any atom is -0.382 e. The van der Waals surface area contributed by atoms with E-state index < -0.39 is 0 Å². The van der Waals surface area contributed by atoms with E-state index in [1.165, 1.54) is 6.21 Å². The van der Waals surface area contributed by atoms with Crippen molar-refractivity contribution in [1.29, 1.82) is 5.41 Å². The summed E-state index contributed by atoms with van der Waals surface area (Å²) in [4.78, 5) is 0. The molecular formula is C5H9BrN2. The van der Waals surface area contributed by atoms with Gasteiger partial charge in [0, 0.05) is 13.3 Å². The highest BCUT2D eigenvalue weighted by Gasteiger charge is 1.88. The zero-order chi connectivity index (χ0) is 6.57. The molecule has 0 fully saturated rings. The Morgan fingerprint density at radius 1 is 1.75 bits per heavy atom. The first kappa shape index (κ1) is 7.69. The molecule has 0 aliphatic heterocycles. The molecule has 0 saturated carbocycles. The second-order valence-corrected chi connectivity index (χ2v) is 2.18. The second kappa shape index (κ2) is 3.66. The molecule has 3 heteroatoms. The summed E-state index contributed by atoms with van der Waals surface area (Å²) in [5.74, 6) is 0. The third-order valence-electron chi connectivity index (χ3n) is 0.782. The molecule has 0 aromatic carbocycles. The Hall–Kier alpha value is -0.310. The minimum absolute atomic E-state index is 0.868. The summed E-state index contributed by atoms with van der Waals surface area (Å²) >= 11 is 3.22. The molecule has 46 valence electrons. The van der Waals surface area contributed by atoms with Gasteiger partial charge in [-0.2, -0.15) is 0 Å². The van der Waals surface area contributed by atoms with Gasteiger partial charge in [0.25, 0.3) is 0 Å². The average Bonchev–Trinajstić information content (AvgIpc) is 1.84. The van der Waals surface area contributed by atoms with Crippen LogP contribution in [0.3, 0.4) is 0 Å². The van der Waals surface area contributed by atoms with Crippen LogP contribution in [0.5, 0.6) is 0 Å². The van der Waals surface area contributed by atoms with Gasteiger partial charge in [-0.15, -0.1) is 0 Å². The molecule has 0 saturated heterocycles. The van der Waals surface area contributed by atoms with Crippen LogP contribution in [-0.4, -0.2) is 13.3 Å². The Bertz CT molecular complexity index is 118. The summed E-state index contributed by atoms with van der Waals surface area (Å²) in [5, 5.41) is 9.65. The third-order valence-corrected chi connectivity index (χ3v) is 1.80. The van der Waals surface area contributed by atoms with Gasteiger partial charge in [0.2, 0.25) is 0 Å². The summed E-state index contributed by atoms with van der Waals surface area (Å²) in [6.07, 6.45) is 1.29. The molecule has 0 aromatic heterocycles. The lowest BCUT2D eigenvalue weighted by Crippen LogP contribution is -2.01. The van der Waals surface area contributed by atoms with Crippen molar-refractivity contribution >= 4 is 22.1 Å². The molecular weight excluding hydrogens is 168 g/mol. The van der Waals surface area contributed by atoms with Crippen molar-refractivity contribution in [2.45, 2.75) is 6.92 Å². The van der Waals surface area contributed by atoms with E-state index in [4.69, 9.17) is 5.41 Å². The highest BCUT2D eigenvalue weighted by atomic mass is 79.9. The average molecular weight is 177 g/mol. The van der Waals surface area contributed by atoms with E-state index in [0.29, 0.717) is 0 Å². The Morgan fingerprint density at radius 3 is 2.38 bits per heavy atom. The van der Waals surface area contributed by atoms with E-state index in [1.54, 1.807) is 7.05 Å². The predicted octanol–water partition coefficient (Wildman–Crippen LogP) is 1.48. The monoisotopic (exact) mass is 176 g/mol.